The lowest BCUT2D eigenvalue weighted by Crippen LogP contribution is -2.45. The minimum Gasteiger partial charge on any atom is -0.497 e. The maximum absolute atomic E-state index is 13.2. The van der Waals surface area contributed by atoms with Crippen LogP contribution in [-0.4, -0.2) is 64.5 Å². The van der Waals surface area contributed by atoms with Gasteiger partial charge in [0.1, 0.15) is 5.75 Å². The van der Waals surface area contributed by atoms with Crippen LogP contribution in [0, 0.1) is 5.92 Å². The molecular weight excluding hydrogens is 444 g/mol. The molecule has 2 heterocycles. The molecule has 1 amide bonds. The molecule has 4 rings (SSSR count). The highest BCUT2D eigenvalue weighted by atomic mass is 32.2. The van der Waals surface area contributed by atoms with Crippen LogP contribution in [0.2, 0.25) is 0 Å². The number of hydrogen-bond acceptors (Lipinski definition) is 6. The van der Waals surface area contributed by atoms with Gasteiger partial charge in [0, 0.05) is 32.1 Å². The summed E-state index contributed by atoms with van der Waals surface area (Å²) >= 11 is 0. The van der Waals surface area contributed by atoms with Gasteiger partial charge in [-0.2, -0.15) is 4.31 Å². The van der Waals surface area contributed by atoms with Crippen LogP contribution >= 0.6 is 0 Å². The summed E-state index contributed by atoms with van der Waals surface area (Å²) in [4.78, 5) is 15.3. The van der Waals surface area contributed by atoms with E-state index in [0.29, 0.717) is 56.3 Å². The van der Waals surface area contributed by atoms with Crippen LogP contribution in [0.3, 0.4) is 0 Å². The third-order valence-electron chi connectivity index (χ3n) is 6.53. The number of ether oxygens (including phenoxy) is 3. The molecule has 8 nitrogen and oxygen atoms in total. The number of benzene rings is 2. The van der Waals surface area contributed by atoms with Crippen molar-refractivity contribution >= 4 is 15.9 Å². The lowest BCUT2D eigenvalue weighted by atomic mass is 9.93. The molecule has 0 aliphatic carbocycles. The number of methoxy groups -OCH3 is 3. The Morgan fingerprint density at radius 1 is 0.879 bits per heavy atom. The van der Waals surface area contributed by atoms with E-state index in [1.165, 1.54) is 4.31 Å². The van der Waals surface area contributed by atoms with Crippen LogP contribution in [0.15, 0.2) is 41.3 Å². The van der Waals surface area contributed by atoms with E-state index in [1.807, 2.05) is 17.0 Å². The minimum absolute atomic E-state index is 0.0944. The van der Waals surface area contributed by atoms with Gasteiger partial charge in [-0.3, -0.25) is 4.79 Å². The van der Waals surface area contributed by atoms with E-state index in [2.05, 4.69) is 0 Å². The van der Waals surface area contributed by atoms with Gasteiger partial charge < -0.3 is 19.1 Å². The molecule has 9 heteroatoms. The maximum atomic E-state index is 13.2. The molecule has 2 aromatic rings. The first-order valence-electron chi connectivity index (χ1n) is 11.0. The van der Waals surface area contributed by atoms with Gasteiger partial charge >= 0.3 is 0 Å². The van der Waals surface area contributed by atoms with Gasteiger partial charge in [0.15, 0.2) is 11.5 Å². The Morgan fingerprint density at radius 2 is 1.48 bits per heavy atom. The number of carbonyl (C=O) groups excluding carboxylic acids is 1. The van der Waals surface area contributed by atoms with E-state index >= 15 is 0 Å². The number of piperidine rings is 1. The second kappa shape index (κ2) is 9.61. The summed E-state index contributed by atoms with van der Waals surface area (Å²) in [6.07, 6.45) is 1.79. The highest BCUT2D eigenvalue weighted by Gasteiger charge is 2.35. The van der Waals surface area contributed by atoms with Gasteiger partial charge in [0.25, 0.3) is 0 Å². The molecule has 0 atom stereocenters. The smallest absolute Gasteiger partial charge is 0.243 e. The number of sulfonamides is 1. The summed E-state index contributed by atoms with van der Waals surface area (Å²) < 4.78 is 43.3. The third-order valence-corrected chi connectivity index (χ3v) is 8.44. The van der Waals surface area contributed by atoms with Crippen LogP contribution in [0.1, 0.15) is 24.0 Å². The Balaban J connectivity index is 1.39. The Hall–Kier alpha value is -2.78. The van der Waals surface area contributed by atoms with Gasteiger partial charge in [-0.05, 0) is 66.8 Å². The van der Waals surface area contributed by atoms with Gasteiger partial charge in [0.2, 0.25) is 15.9 Å². The summed E-state index contributed by atoms with van der Waals surface area (Å²) in [5.41, 5.74) is 2.23. The molecule has 0 spiro atoms. The first-order valence-corrected chi connectivity index (χ1v) is 12.5. The lowest BCUT2D eigenvalue weighted by Gasteiger charge is -2.36. The van der Waals surface area contributed by atoms with Crippen molar-refractivity contribution in [2.45, 2.75) is 30.7 Å². The van der Waals surface area contributed by atoms with Crippen molar-refractivity contribution in [1.29, 1.82) is 0 Å². The van der Waals surface area contributed by atoms with Crippen molar-refractivity contribution in [3.63, 3.8) is 0 Å². The number of fused-ring (bicyclic) bond motifs is 1. The molecule has 0 saturated carbocycles. The molecular formula is C24H30N2O6S. The number of rotatable bonds is 6. The molecule has 2 aliphatic heterocycles. The summed E-state index contributed by atoms with van der Waals surface area (Å²) in [6, 6.07) is 10.3. The Labute approximate surface area is 195 Å². The molecule has 0 bridgehead atoms. The van der Waals surface area contributed by atoms with E-state index in [-0.39, 0.29) is 16.7 Å². The Morgan fingerprint density at radius 3 is 2.06 bits per heavy atom. The quantitative estimate of drug-likeness (QED) is 0.640. The van der Waals surface area contributed by atoms with Crippen molar-refractivity contribution in [1.82, 2.24) is 9.21 Å². The molecule has 1 saturated heterocycles. The number of nitrogens with zero attached hydrogens (tertiary/aromatic N) is 2. The average molecular weight is 475 g/mol. The largest absolute Gasteiger partial charge is 0.497 e. The monoisotopic (exact) mass is 474 g/mol. The van der Waals surface area contributed by atoms with Crippen molar-refractivity contribution in [3.05, 3.63) is 47.5 Å². The molecule has 2 aliphatic rings. The van der Waals surface area contributed by atoms with E-state index in [9.17, 15) is 13.2 Å². The predicted molar refractivity (Wildman–Crippen MR) is 123 cm³/mol. The molecule has 0 N–H and O–H groups in total. The van der Waals surface area contributed by atoms with Gasteiger partial charge in [0.05, 0.1) is 26.2 Å². The molecule has 0 aromatic heterocycles. The molecule has 33 heavy (non-hydrogen) atoms. The molecule has 0 unspecified atom stereocenters. The molecule has 0 radical (unpaired) electrons. The summed E-state index contributed by atoms with van der Waals surface area (Å²) in [7, 11) is 1.17. The van der Waals surface area contributed by atoms with E-state index in [4.69, 9.17) is 14.2 Å². The van der Waals surface area contributed by atoms with E-state index in [1.54, 1.807) is 45.6 Å². The van der Waals surface area contributed by atoms with Crippen LogP contribution in [0.25, 0.3) is 0 Å². The standard InChI is InChI=1S/C24H30N2O6S/c1-30-20-4-6-21(7-5-20)33(28,29)26-12-9-17(10-13-26)24(27)25-11-8-18-14-22(31-2)23(32-3)15-19(18)16-25/h4-7,14-15,17H,8-13,16H2,1-3H3. The van der Waals surface area contributed by atoms with E-state index < -0.39 is 10.0 Å². The first-order chi connectivity index (χ1) is 15.9. The molecule has 1 fully saturated rings. The summed E-state index contributed by atoms with van der Waals surface area (Å²) in [5.74, 6) is 1.88. The van der Waals surface area contributed by atoms with Crippen LogP contribution in [-0.2, 0) is 27.8 Å². The second-order valence-corrected chi connectivity index (χ2v) is 10.3. The number of carbonyl (C=O) groups is 1. The molecule has 178 valence electrons. The van der Waals surface area contributed by atoms with E-state index in [0.717, 1.165) is 17.5 Å². The van der Waals surface area contributed by atoms with Crippen LogP contribution < -0.4 is 14.2 Å². The molecule has 2 aromatic carbocycles. The second-order valence-electron chi connectivity index (χ2n) is 8.34. The summed E-state index contributed by atoms with van der Waals surface area (Å²) in [5, 5.41) is 0. The maximum Gasteiger partial charge on any atom is 0.243 e. The zero-order valence-corrected chi connectivity index (χ0v) is 20.1. The SMILES string of the molecule is COc1ccc(S(=O)(=O)N2CCC(C(=O)N3CCc4cc(OC)c(OC)cc4C3)CC2)cc1. The number of amides is 1. The zero-order valence-electron chi connectivity index (χ0n) is 19.2. The minimum atomic E-state index is -3.59. The van der Waals surface area contributed by atoms with Crippen molar-refractivity contribution in [2.75, 3.05) is 41.0 Å². The van der Waals surface area contributed by atoms with Crippen molar-refractivity contribution in [2.24, 2.45) is 5.92 Å². The third kappa shape index (κ3) is 4.65. The summed E-state index contributed by atoms with van der Waals surface area (Å²) in [6.45, 7) is 1.84. The first kappa shape index (κ1) is 23.4. The van der Waals surface area contributed by atoms with Crippen LogP contribution in [0.5, 0.6) is 17.2 Å². The fourth-order valence-electron chi connectivity index (χ4n) is 4.57. The fourth-order valence-corrected chi connectivity index (χ4v) is 6.04. The topological polar surface area (TPSA) is 85.4 Å². The Bertz CT molecular complexity index is 1110. The normalized spacial score (nSPS) is 17.4. The fraction of sp³-hybridized carbons (Fsp3) is 0.458. The van der Waals surface area contributed by atoms with Gasteiger partial charge in [-0.25, -0.2) is 8.42 Å². The predicted octanol–water partition coefficient (Wildman–Crippen LogP) is 2.70. The zero-order chi connectivity index (χ0) is 23.6. The highest BCUT2D eigenvalue weighted by Crippen LogP contribution is 2.34. The Kier molecular flexibility index (Phi) is 6.81. The van der Waals surface area contributed by atoms with Gasteiger partial charge in [-0.1, -0.05) is 0 Å². The average Bonchev–Trinajstić information content (AvgIpc) is 2.87. The number of hydrogen-bond donors (Lipinski definition) is 0. The van der Waals surface area contributed by atoms with Crippen molar-refractivity contribution < 1.29 is 27.4 Å². The highest BCUT2D eigenvalue weighted by molar-refractivity contribution is 7.89. The van der Waals surface area contributed by atoms with Gasteiger partial charge in [-0.15, -0.1) is 0 Å². The van der Waals surface area contributed by atoms with Crippen LogP contribution in [0.4, 0.5) is 0 Å². The lowest BCUT2D eigenvalue weighted by molar-refractivity contribution is -0.137. The van der Waals surface area contributed by atoms with Crippen molar-refractivity contribution in [3.8, 4) is 17.2 Å².